The van der Waals surface area contributed by atoms with Crippen molar-refractivity contribution in [2.75, 3.05) is 0 Å². The Morgan fingerprint density at radius 3 is 2.28 bits per heavy atom. The molecule has 0 saturated carbocycles. The number of nitrogens with zero attached hydrogens (tertiary/aromatic N) is 2. The lowest BCUT2D eigenvalue weighted by atomic mass is 9.87. The second-order valence-corrected chi connectivity index (χ2v) is 5.65. The molecule has 1 N–H and O–H groups in total. The predicted molar refractivity (Wildman–Crippen MR) is 72.4 cm³/mol. The highest BCUT2D eigenvalue weighted by Gasteiger charge is 2.12. The third kappa shape index (κ3) is 2.99. The van der Waals surface area contributed by atoms with Gasteiger partial charge < -0.3 is 5.11 Å². The largest absolute Gasteiger partial charge is 0.392 e. The summed E-state index contributed by atoms with van der Waals surface area (Å²) in [6.45, 7) is 7.42. The number of aliphatic hydroxyl groups is 1. The molecule has 1 aromatic heterocycles. The van der Waals surface area contributed by atoms with Crippen LogP contribution in [-0.2, 0) is 18.6 Å². The molecule has 0 unspecified atom stereocenters. The Morgan fingerprint density at radius 2 is 1.78 bits per heavy atom. The molecule has 0 radical (unpaired) electrons. The van der Waals surface area contributed by atoms with Crippen LogP contribution < -0.4 is 0 Å². The van der Waals surface area contributed by atoms with Crippen LogP contribution in [0.5, 0.6) is 0 Å². The maximum Gasteiger partial charge on any atom is 0.0712 e. The standard InChI is InChI=1S/C15H20N2O/c1-15(2,3)14-6-4-12(5-7-14)9-17-10-13(11-18)8-16-17/h4-8,10,18H,9,11H2,1-3H3. The van der Waals surface area contributed by atoms with Crippen LogP contribution in [0, 0.1) is 0 Å². The van der Waals surface area contributed by atoms with Crippen molar-refractivity contribution in [1.29, 1.82) is 0 Å². The molecular weight excluding hydrogens is 224 g/mol. The van der Waals surface area contributed by atoms with Gasteiger partial charge in [-0.3, -0.25) is 4.68 Å². The number of rotatable bonds is 3. The fraction of sp³-hybridized carbons (Fsp3) is 0.400. The van der Waals surface area contributed by atoms with Gasteiger partial charge in [0.1, 0.15) is 0 Å². The average Bonchev–Trinajstić information content (AvgIpc) is 2.76. The fourth-order valence-electron chi connectivity index (χ4n) is 1.87. The van der Waals surface area contributed by atoms with Crippen molar-refractivity contribution in [3.05, 3.63) is 53.3 Å². The molecule has 0 atom stereocenters. The van der Waals surface area contributed by atoms with Gasteiger partial charge in [0.25, 0.3) is 0 Å². The predicted octanol–water partition coefficient (Wildman–Crippen LogP) is 2.72. The van der Waals surface area contributed by atoms with E-state index in [1.54, 1.807) is 6.20 Å². The van der Waals surface area contributed by atoms with E-state index in [-0.39, 0.29) is 12.0 Å². The Balaban J connectivity index is 2.11. The van der Waals surface area contributed by atoms with Crippen LogP contribution in [-0.4, -0.2) is 14.9 Å². The van der Waals surface area contributed by atoms with Gasteiger partial charge in [0.15, 0.2) is 0 Å². The molecule has 1 heterocycles. The van der Waals surface area contributed by atoms with Crippen molar-refractivity contribution in [1.82, 2.24) is 9.78 Å². The van der Waals surface area contributed by atoms with E-state index in [9.17, 15) is 0 Å². The van der Waals surface area contributed by atoms with Crippen molar-refractivity contribution in [2.45, 2.75) is 39.3 Å². The van der Waals surface area contributed by atoms with Crippen LogP contribution in [0.4, 0.5) is 0 Å². The number of aliphatic hydroxyl groups excluding tert-OH is 1. The second kappa shape index (κ2) is 4.94. The van der Waals surface area contributed by atoms with Gasteiger partial charge in [-0.05, 0) is 16.5 Å². The van der Waals surface area contributed by atoms with Crippen LogP contribution in [0.3, 0.4) is 0 Å². The Morgan fingerprint density at radius 1 is 1.11 bits per heavy atom. The maximum atomic E-state index is 8.99. The van der Waals surface area contributed by atoms with Gasteiger partial charge in [-0.1, -0.05) is 45.0 Å². The molecule has 0 amide bonds. The highest BCUT2D eigenvalue weighted by molar-refractivity contribution is 5.27. The molecule has 3 nitrogen and oxygen atoms in total. The quantitative estimate of drug-likeness (QED) is 0.901. The summed E-state index contributed by atoms with van der Waals surface area (Å²) < 4.78 is 1.84. The zero-order valence-electron chi connectivity index (χ0n) is 11.2. The SMILES string of the molecule is CC(C)(C)c1ccc(Cn2cc(CO)cn2)cc1. The summed E-state index contributed by atoms with van der Waals surface area (Å²) >= 11 is 0. The van der Waals surface area contributed by atoms with E-state index in [1.165, 1.54) is 11.1 Å². The smallest absolute Gasteiger partial charge is 0.0712 e. The normalized spacial score (nSPS) is 11.8. The summed E-state index contributed by atoms with van der Waals surface area (Å²) in [5.74, 6) is 0. The molecular formula is C15H20N2O. The molecule has 2 aromatic rings. The number of hydrogen-bond acceptors (Lipinski definition) is 2. The molecule has 0 bridgehead atoms. The van der Waals surface area contributed by atoms with Gasteiger partial charge >= 0.3 is 0 Å². The van der Waals surface area contributed by atoms with Crippen molar-refractivity contribution in [3.8, 4) is 0 Å². The first-order chi connectivity index (χ1) is 8.49. The Labute approximate surface area is 108 Å². The fourth-order valence-corrected chi connectivity index (χ4v) is 1.87. The van der Waals surface area contributed by atoms with Gasteiger partial charge in [-0.15, -0.1) is 0 Å². The van der Waals surface area contributed by atoms with Crippen LogP contribution in [0.2, 0.25) is 0 Å². The summed E-state index contributed by atoms with van der Waals surface area (Å²) in [7, 11) is 0. The van der Waals surface area contributed by atoms with Gasteiger partial charge in [-0.2, -0.15) is 5.10 Å². The molecule has 0 saturated heterocycles. The van der Waals surface area contributed by atoms with Crippen LogP contribution in [0.1, 0.15) is 37.5 Å². The zero-order valence-corrected chi connectivity index (χ0v) is 11.2. The molecule has 0 aliphatic rings. The molecule has 0 spiro atoms. The third-order valence-electron chi connectivity index (χ3n) is 3.03. The number of benzene rings is 1. The summed E-state index contributed by atoms with van der Waals surface area (Å²) in [6.07, 6.45) is 3.57. The molecule has 96 valence electrons. The Bertz CT molecular complexity index is 506. The lowest BCUT2D eigenvalue weighted by Crippen LogP contribution is -2.11. The molecule has 2 rings (SSSR count). The maximum absolute atomic E-state index is 8.99. The minimum Gasteiger partial charge on any atom is -0.392 e. The van der Waals surface area contributed by atoms with Gasteiger partial charge in [0.2, 0.25) is 0 Å². The second-order valence-electron chi connectivity index (χ2n) is 5.65. The van der Waals surface area contributed by atoms with E-state index in [4.69, 9.17) is 5.11 Å². The molecule has 1 aromatic carbocycles. The van der Waals surface area contributed by atoms with E-state index in [2.05, 4.69) is 50.1 Å². The Kier molecular flexibility index (Phi) is 3.53. The van der Waals surface area contributed by atoms with E-state index in [1.807, 2.05) is 10.9 Å². The zero-order chi connectivity index (χ0) is 13.2. The summed E-state index contributed by atoms with van der Waals surface area (Å²) in [5.41, 5.74) is 3.59. The van der Waals surface area contributed by atoms with Crippen LogP contribution in [0.15, 0.2) is 36.7 Å². The summed E-state index contributed by atoms with van der Waals surface area (Å²) in [6, 6.07) is 8.62. The monoisotopic (exact) mass is 244 g/mol. The van der Waals surface area contributed by atoms with Crippen LogP contribution in [0.25, 0.3) is 0 Å². The lowest BCUT2D eigenvalue weighted by Gasteiger charge is -2.19. The first kappa shape index (κ1) is 12.8. The summed E-state index contributed by atoms with van der Waals surface area (Å²) in [5, 5.41) is 13.2. The third-order valence-corrected chi connectivity index (χ3v) is 3.03. The molecule has 0 fully saturated rings. The van der Waals surface area contributed by atoms with E-state index in [0.717, 1.165) is 12.1 Å². The lowest BCUT2D eigenvalue weighted by molar-refractivity contribution is 0.281. The van der Waals surface area contributed by atoms with Crippen molar-refractivity contribution < 1.29 is 5.11 Å². The topological polar surface area (TPSA) is 38.0 Å². The minimum absolute atomic E-state index is 0.0446. The molecule has 0 aliphatic carbocycles. The average molecular weight is 244 g/mol. The van der Waals surface area contributed by atoms with Crippen LogP contribution >= 0.6 is 0 Å². The number of aromatic nitrogens is 2. The minimum atomic E-state index is 0.0446. The van der Waals surface area contributed by atoms with Crippen molar-refractivity contribution in [3.63, 3.8) is 0 Å². The van der Waals surface area contributed by atoms with Crippen molar-refractivity contribution >= 4 is 0 Å². The van der Waals surface area contributed by atoms with Gasteiger partial charge in [0.05, 0.1) is 19.3 Å². The van der Waals surface area contributed by atoms with Crippen molar-refractivity contribution in [2.24, 2.45) is 0 Å². The highest BCUT2D eigenvalue weighted by atomic mass is 16.3. The van der Waals surface area contributed by atoms with Gasteiger partial charge in [-0.25, -0.2) is 0 Å². The molecule has 3 heteroatoms. The molecule has 0 aliphatic heterocycles. The van der Waals surface area contributed by atoms with E-state index < -0.39 is 0 Å². The molecule has 18 heavy (non-hydrogen) atoms. The highest BCUT2D eigenvalue weighted by Crippen LogP contribution is 2.22. The number of hydrogen-bond donors (Lipinski definition) is 1. The van der Waals surface area contributed by atoms with E-state index in [0.29, 0.717) is 0 Å². The first-order valence-corrected chi connectivity index (χ1v) is 6.20. The summed E-state index contributed by atoms with van der Waals surface area (Å²) in [4.78, 5) is 0. The Hall–Kier alpha value is -1.61. The van der Waals surface area contributed by atoms with E-state index >= 15 is 0 Å². The first-order valence-electron chi connectivity index (χ1n) is 6.20. The van der Waals surface area contributed by atoms with Gasteiger partial charge in [0, 0.05) is 11.8 Å².